The van der Waals surface area contributed by atoms with Gasteiger partial charge in [-0.1, -0.05) is 0 Å². The SMILES string of the molecule is COc1ccc(C(=N)N)c(OCCOC(C)C)c1. The molecule has 5 nitrogen and oxygen atoms in total. The molecule has 0 unspecified atom stereocenters. The van der Waals surface area contributed by atoms with Crippen LogP contribution in [-0.4, -0.2) is 32.3 Å². The van der Waals surface area contributed by atoms with Crippen LogP contribution in [0.5, 0.6) is 11.5 Å². The van der Waals surface area contributed by atoms with E-state index in [9.17, 15) is 0 Å². The summed E-state index contributed by atoms with van der Waals surface area (Å²) in [5, 5.41) is 7.48. The fraction of sp³-hybridized carbons (Fsp3) is 0.462. The van der Waals surface area contributed by atoms with Crippen molar-refractivity contribution in [1.82, 2.24) is 0 Å². The van der Waals surface area contributed by atoms with E-state index in [1.165, 1.54) is 0 Å². The minimum absolute atomic E-state index is 0.0302. The molecule has 0 saturated carbocycles. The van der Waals surface area contributed by atoms with Crippen molar-refractivity contribution in [3.05, 3.63) is 23.8 Å². The van der Waals surface area contributed by atoms with Crippen LogP contribution in [0.15, 0.2) is 18.2 Å². The first kappa shape index (κ1) is 14.3. The number of rotatable bonds is 7. The minimum Gasteiger partial charge on any atom is -0.497 e. The third-order valence-corrected chi connectivity index (χ3v) is 2.27. The molecule has 0 aliphatic heterocycles. The summed E-state index contributed by atoms with van der Waals surface area (Å²) in [4.78, 5) is 0. The summed E-state index contributed by atoms with van der Waals surface area (Å²) >= 11 is 0. The van der Waals surface area contributed by atoms with Gasteiger partial charge in [0.25, 0.3) is 0 Å². The van der Waals surface area contributed by atoms with Crippen molar-refractivity contribution in [2.24, 2.45) is 5.73 Å². The van der Waals surface area contributed by atoms with E-state index in [4.69, 9.17) is 25.4 Å². The minimum atomic E-state index is -0.0302. The number of ether oxygens (including phenoxy) is 3. The Morgan fingerprint density at radius 1 is 1.33 bits per heavy atom. The number of methoxy groups -OCH3 is 1. The van der Waals surface area contributed by atoms with Gasteiger partial charge in [-0.3, -0.25) is 5.41 Å². The van der Waals surface area contributed by atoms with Crippen LogP contribution in [0.4, 0.5) is 0 Å². The Hall–Kier alpha value is -1.75. The van der Waals surface area contributed by atoms with E-state index in [1.807, 2.05) is 13.8 Å². The number of nitrogen functional groups attached to an aromatic ring is 1. The Balaban J connectivity index is 2.69. The van der Waals surface area contributed by atoms with Crippen molar-refractivity contribution >= 4 is 5.84 Å². The summed E-state index contributed by atoms with van der Waals surface area (Å²) in [6.45, 7) is 4.83. The number of hydrogen-bond acceptors (Lipinski definition) is 4. The zero-order valence-corrected chi connectivity index (χ0v) is 11.0. The van der Waals surface area contributed by atoms with Crippen molar-refractivity contribution in [3.63, 3.8) is 0 Å². The predicted molar refractivity (Wildman–Crippen MR) is 70.6 cm³/mol. The Morgan fingerprint density at radius 3 is 2.61 bits per heavy atom. The topological polar surface area (TPSA) is 77.6 Å². The van der Waals surface area contributed by atoms with E-state index in [0.717, 1.165) is 0 Å². The molecule has 5 heteroatoms. The first-order chi connectivity index (χ1) is 8.54. The van der Waals surface area contributed by atoms with Gasteiger partial charge in [0, 0.05) is 6.07 Å². The number of benzene rings is 1. The monoisotopic (exact) mass is 252 g/mol. The second-order valence-corrected chi connectivity index (χ2v) is 4.04. The highest BCUT2D eigenvalue weighted by Gasteiger charge is 2.08. The summed E-state index contributed by atoms with van der Waals surface area (Å²) in [5.41, 5.74) is 6.05. The number of nitrogens with one attached hydrogen (secondary N) is 1. The summed E-state index contributed by atoms with van der Waals surface area (Å²) < 4.78 is 16.1. The van der Waals surface area contributed by atoms with Crippen LogP contribution < -0.4 is 15.2 Å². The van der Waals surface area contributed by atoms with Gasteiger partial charge < -0.3 is 19.9 Å². The van der Waals surface area contributed by atoms with E-state index in [1.54, 1.807) is 25.3 Å². The molecule has 0 bridgehead atoms. The van der Waals surface area contributed by atoms with Gasteiger partial charge in [0.05, 0.1) is 25.4 Å². The third kappa shape index (κ3) is 4.25. The van der Waals surface area contributed by atoms with Crippen LogP contribution in [0.2, 0.25) is 0 Å². The molecule has 0 fully saturated rings. The molecule has 0 saturated heterocycles. The standard InChI is InChI=1S/C13H20N2O3/c1-9(2)17-6-7-18-12-8-10(16-3)4-5-11(12)13(14)15/h4-5,8-9H,6-7H2,1-3H3,(H3,14,15). The molecule has 0 atom stereocenters. The van der Waals surface area contributed by atoms with Gasteiger partial charge in [0.1, 0.15) is 23.9 Å². The number of hydrogen-bond donors (Lipinski definition) is 2. The first-order valence-corrected chi connectivity index (χ1v) is 5.81. The van der Waals surface area contributed by atoms with Crippen LogP contribution in [0.3, 0.4) is 0 Å². The molecule has 0 aliphatic carbocycles. The molecule has 1 aromatic carbocycles. The lowest BCUT2D eigenvalue weighted by Crippen LogP contribution is -2.16. The summed E-state index contributed by atoms with van der Waals surface area (Å²) in [5.74, 6) is 1.17. The van der Waals surface area contributed by atoms with Gasteiger partial charge >= 0.3 is 0 Å². The largest absolute Gasteiger partial charge is 0.497 e. The van der Waals surface area contributed by atoms with Crippen LogP contribution >= 0.6 is 0 Å². The fourth-order valence-electron chi connectivity index (χ4n) is 1.41. The molecule has 0 aliphatic rings. The van der Waals surface area contributed by atoms with Crippen molar-refractivity contribution < 1.29 is 14.2 Å². The zero-order valence-electron chi connectivity index (χ0n) is 11.0. The summed E-state index contributed by atoms with van der Waals surface area (Å²) in [7, 11) is 1.58. The molecule has 1 rings (SSSR count). The molecule has 3 N–H and O–H groups in total. The van der Waals surface area contributed by atoms with E-state index >= 15 is 0 Å². The Morgan fingerprint density at radius 2 is 2.06 bits per heavy atom. The average molecular weight is 252 g/mol. The maximum absolute atomic E-state index is 7.48. The molecule has 100 valence electrons. The van der Waals surface area contributed by atoms with Crippen molar-refractivity contribution in [2.75, 3.05) is 20.3 Å². The van der Waals surface area contributed by atoms with Crippen molar-refractivity contribution in [1.29, 1.82) is 5.41 Å². The molecule has 0 aromatic heterocycles. The molecule has 0 spiro atoms. The average Bonchev–Trinajstić information content (AvgIpc) is 2.33. The Kier molecular flexibility index (Phi) is 5.45. The molecular weight excluding hydrogens is 232 g/mol. The van der Waals surface area contributed by atoms with Crippen molar-refractivity contribution in [2.45, 2.75) is 20.0 Å². The lowest BCUT2D eigenvalue weighted by Gasteiger charge is -2.13. The van der Waals surface area contributed by atoms with Crippen LogP contribution in [-0.2, 0) is 4.74 Å². The van der Waals surface area contributed by atoms with Crippen LogP contribution in [0.25, 0.3) is 0 Å². The highest BCUT2D eigenvalue weighted by Crippen LogP contribution is 2.24. The summed E-state index contributed by atoms with van der Waals surface area (Å²) in [6.07, 6.45) is 0.172. The molecule has 0 radical (unpaired) electrons. The zero-order chi connectivity index (χ0) is 13.5. The third-order valence-electron chi connectivity index (χ3n) is 2.27. The molecule has 1 aromatic rings. The smallest absolute Gasteiger partial charge is 0.134 e. The maximum atomic E-state index is 7.48. The molecule has 0 amide bonds. The normalized spacial score (nSPS) is 10.4. The molecule has 0 heterocycles. The maximum Gasteiger partial charge on any atom is 0.134 e. The lowest BCUT2D eigenvalue weighted by molar-refractivity contribution is 0.0552. The predicted octanol–water partition coefficient (Wildman–Crippen LogP) is 1.78. The first-order valence-electron chi connectivity index (χ1n) is 5.81. The quantitative estimate of drug-likeness (QED) is 0.440. The summed E-state index contributed by atoms with van der Waals surface area (Å²) in [6, 6.07) is 5.17. The van der Waals surface area contributed by atoms with Gasteiger partial charge in [0.15, 0.2) is 0 Å². The molecule has 18 heavy (non-hydrogen) atoms. The van der Waals surface area contributed by atoms with Gasteiger partial charge in [-0.15, -0.1) is 0 Å². The van der Waals surface area contributed by atoms with Crippen LogP contribution in [0.1, 0.15) is 19.4 Å². The van der Waals surface area contributed by atoms with Crippen LogP contribution in [0, 0.1) is 5.41 Å². The second-order valence-electron chi connectivity index (χ2n) is 4.04. The molecular formula is C13H20N2O3. The number of nitrogens with two attached hydrogens (primary N) is 1. The van der Waals surface area contributed by atoms with Gasteiger partial charge in [-0.05, 0) is 26.0 Å². The van der Waals surface area contributed by atoms with Crippen molar-refractivity contribution in [3.8, 4) is 11.5 Å². The Labute approximate surface area is 107 Å². The Bertz CT molecular complexity index is 405. The van der Waals surface area contributed by atoms with E-state index < -0.39 is 0 Å². The number of amidine groups is 1. The van der Waals surface area contributed by atoms with Gasteiger partial charge in [-0.25, -0.2) is 0 Å². The van der Waals surface area contributed by atoms with Gasteiger partial charge in [-0.2, -0.15) is 0 Å². The van der Waals surface area contributed by atoms with E-state index in [-0.39, 0.29) is 11.9 Å². The van der Waals surface area contributed by atoms with Gasteiger partial charge in [0.2, 0.25) is 0 Å². The van der Waals surface area contributed by atoms with E-state index in [2.05, 4.69) is 0 Å². The second kappa shape index (κ2) is 6.86. The highest BCUT2D eigenvalue weighted by molar-refractivity contribution is 5.97. The highest BCUT2D eigenvalue weighted by atomic mass is 16.5. The lowest BCUT2D eigenvalue weighted by atomic mass is 10.2. The van der Waals surface area contributed by atoms with E-state index in [0.29, 0.717) is 30.3 Å². The fourth-order valence-corrected chi connectivity index (χ4v) is 1.41.